The first-order chi connectivity index (χ1) is 23.5. The number of carboxylic acids is 1. The van der Waals surface area contributed by atoms with Gasteiger partial charge in [-0.05, 0) is 80.4 Å². The molecule has 3 aromatic rings. The van der Waals surface area contributed by atoms with Gasteiger partial charge in [-0.2, -0.15) is 26.3 Å². The molecule has 0 aliphatic carbocycles. The maximum atomic E-state index is 16.5. The molecular formula is C35H37F8N3O5. The number of rotatable bonds is 12. The van der Waals surface area contributed by atoms with E-state index in [0.717, 1.165) is 12.6 Å². The molecule has 1 unspecified atom stereocenters. The summed E-state index contributed by atoms with van der Waals surface area (Å²) in [5.74, 6) is -8.19. The van der Waals surface area contributed by atoms with Crippen LogP contribution < -0.4 is 10.9 Å². The van der Waals surface area contributed by atoms with Crippen LogP contribution in [0.2, 0.25) is 0 Å². The Hall–Kier alpha value is -4.31. The zero-order valence-corrected chi connectivity index (χ0v) is 28.1. The van der Waals surface area contributed by atoms with Crippen molar-refractivity contribution in [1.82, 2.24) is 14.8 Å². The molecule has 2 heterocycles. The standard InChI is InChI=1S/C35H37F8N3O5/c1-18(2)13-25(46-17-21(9-12-45-10-6-11-45)23(15-26(46)47)34(38,39)40)32(50)44-33(51,16-27(48)49)29-30(36)22(14-24(31(29)37)35(41,42)43)28-19(3)7-5-8-20(28)4/h5,7-8,14-15,17-18,25,51H,6,9-13,16H2,1-4H3,(H,44,50)(H,48,49)/t25?,33-/m1/s1. The molecule has 16 heteroatoms. The minimum Gasteiger partial charge on any atom is -0.481 e. The topological polar surface area (TPSA) is 112 Å². The number of hydrogen-bond donors (Lipinski definition) is 3. The van der Waals surface area contributed by atoms with E-state index in [1.807, 2.05) is 4.90 Å². The highest BCUT2D eigenvalue weighted by atomic mass is 19.4. The number of benzene rings is 2. The third kappa shape index (κ3) is 8.60. The molecule has 0 bridgehead atoms. The number of nitrogens with one attached hydrogen (secondary N) is 1. The second-order valence-electron chi connectivity index (χ2n) is 13.2. The van der Waals surface area contributed by atoms with Gasteiger partial charge in [-0.3, -0.25) is 14.4 Å². The lowest BCUT2D eigenvalue weighted by molar-refractivity contribution is -0.148. The maximum Gasteiger partial charge on any atom is 0.419 e. The average Bonchev–Trinajstić information content (AvgIpc) is 2.94. The minimum absolute atomic E-state index is 0.120. The van der Waals surface area contributed by atoms with Crippen LogP contribution in [0.3, 0.4) is 0 Å². The number of carbonyl (C=O) groups excluding carboxylic acids is 1. The summed E-state index contributed by atoms with van der Waals surface area (Å²) in [6, 6.07) is 3.05. The first-order valence-corrected chi connectivity index (χ1v) is 16.0. The zero-order valence-electron chi connectivity index (χ0n) is 28.1. The van der Waals surface area contributed by atoms with Crippen LogP contribution in [-0.4, -0.2) is 51.2 Å². The Balaban J connectivity index is 1.92. The van der Waals surface area contributed by atoms with Crippen LogP contribution in [0.25, 0.3) is 11.1 Å². The predicted molar refractivity (Wildman–Crippen MR) is 170 cm³/mol. The number of pyridine rings is 1. The number of hydrogen-bond acceptors (Lipinski definition) is 5. The third-order valence-corrected chi connectivity index (χ3v) is 8.85. The maximum absolute atomic E-state index is 16.5. The number of amides is 1. The van der Waals surface area contributed by atoms with Gasteiger partial charge in [0.25, 0.3) is 5.56 Å². The smallest absolute Gasteiger partial charge is 0.419 e. The van der Waals surface area contributed by atoms with Gasteiger partial charge < -0.3 is 25.0 Å². The number of carbonyl (C=O) groups is 2. The first kappa shape index (κ1) is 39.5. The van der Waals surface area contributed by atoms with E-state index in [1.54, 1.807) is 19.2 Å². The van der Waals surface area contributed by atoms with Crippen molar-refractivity contribution in [1.29, 1.82) is 0 Å². The molecule has 0 spiro atoms. The number of aliphatic hydroxyl groups is 1. The molecule has 4 rings (SSSR count). The molecule has 1 aromatic heterocycles. The number of carboxylic acid groups (broad SMARTS) is 1. The Morgan fingerprint density at radius 1 is 0.941 bits per heavy atom. The average molecular weight is 732 g/mol. The number of halogens is 8. The van der Waals surface area contributed by atoms with Crippen LogP contribution >= 0.6 is 0 Å². The molecule has 51 heavy (non-hydrogen) atoms. The van der Waals surface area contributed by atoms with Gasteiger partial charge in [-0.25, -0.2) is 8.78 Å². The van der Waals surface area contributed by atoms with E-state index in [4.69, 9.17) is 0 Å². The van der Waals surface area contributed by atoms with Crippen molar-refractivity contribution in [3.63, 3.8) is 0 Å². The summed E-state index contributed by atoms with van der Waals surface area (Å²) in [5, 5.41) is 23.1. The summed E-state index contributed by atoms with van der Waals surface area (Å²) < 4.78 is 118. The molecule has 2 aromatic carbocycles. The highest BCUT2D eigenvalue weighted by Crippen LogP contribution is 2.43. The number of aliphatic carboxylic acids is 1. The van der Waals surface area contributed by atoms with Crippen molar-refractivity contribution in [3.05, 3.63) is 91.9 Å². The lowest BCUT2D eigenvalue weighted by atomic mass is 9.87. The number of aromatic nitrogens is 1. The molecular weight excluding hydrogens is 694 g/mol. The molecule has 1 fully saturated rings. The summed E-state index contributed by atoms with van der Waals surface area (Å²) in [4.78, 5) is 41.0. The van der Waals surface area contributed by atoms with Gasteiger partial charge in [-0.1, -0.05) is 32.0 Å². The van der Waals surface area contributed by atoms with Crippen LogP contribution in [0.15, 0.2) is 41.3 Å². The molecule has 8 nitrogen and oxygen atoms in total. The van der Waals surface area contributed by atoms with E-state index in [2.05, 4.69) is 0 Å². The summed E-state index contributed by atoms with van der Waals surface area (Å²) >= 11 is 0. The highest BCUT2D eigenvalue weighted by molar-refractivity contribution is 5.83. The van der Waals surface area contributed by atoms with Gasteiger partial charge >= 0.3 is 18.3 Å². The summed E-state index contributed by atoms with van der Waals surface area (Å²) in [7, 11) is 0. The van der Waals surface area contributed by atoms with Crippen LogP contribution in [0.5, 0.6) is 0 Å². The van der Waals surface area contributed by atoms with Crippen molar-refractivity contribution in [3.8, 4) is 11.1 Å². The summed E-state index contributed by atoms with van der Waals surface area (Å²) in [6.07, 6.45) is -11.0. The molecule has 278 valence electrons. The molecule has 0 radical (unpaired) electrons. The first-order valence-electron chi connectivity index (χ1n) is 16.0. The van der Waals surface area contributed by atoms with Gasteiger partial charge in [0, 0.05) is 24.4 Å². The fourth-order valence-electron chi connectivity index (χ4n) is 6.30. The monoisotopic (exact) mass is 731 g/mol. The second kappa shape index (κ2) is 14.7. The third-order valence-electron chi connectivity index (χ3n) is 8.85. The van der Waals surface area contributed by atoms with Crippen molar-refractivity contribution in [2.24, 2.45) is 5.92 Å². The SMILES string of the molecule is Cc1cccc(C)c1-c1cc(C(F)(F)F)c(F)c([C@](O)(CC(=O)O)NC(=O)C(CC(C)C)n2cc(CCN3CCC3)c(C(F)(F)F)cc2=O)c1F. The van der Waals surface area contributed by atoms with Crippen LogP contribution in [0.4, 0.5) is 35.1 Å². The van der Waals surface area contributed by atoms with Gasteiger partial charge in [0.15, 0.2) is 5.72 Å². The van der Waals surface area contributed by atoms with E-state index >= 15 is 8.78 Å². The van der Waals surface area contributed by atoms with E-state index in [1.165, 1.54) is 32.0 Å². The molecule has 1 aliphatic heterocycles. The van der Waals surface area contributed by atoms with Crippen LogP contribution in [0, 0.1) is 31.4 Å². The predicted octanol–water partition coefficient (Wildman–Crippen LogP) is 6.72. The van der Waals surface area contributed by atoms with Gasteiger partial charge in [0.1, 0.15) is 17.7 Å². The summed E-state index contributed by atoms with van der Waals surface area (Å²) in [5.41, 5.74) is -11.0. The van der Waals surface area contributed by atoms with E-state index in [-0.39, 0.29) is 47.7 Å². The lowest BCUT2D eigenvalue weighted by Crippen LogP contribution is -2.52. The Morgan fingerprint density at radius 3 is 2.02 bits per heavy atom. The van der Waals surface area contributed by atoms with E-state index < -0.39 is 87.8 Å². The molecule has 1 aliphatic rings. The lowest BCUT2D eigenvalue weighted by Gasteiger charge is -2.33. The number of aryl methyl sites for hydroxylation is 2. The molecule has 1 amide bonds. The van der Waals surface area contributed by atoms with Crippen LogP contribution in [-0.2, 0) is 34.1 Å². The minimum atomic E-state index is -5.49. The van der Waals surface area contributed by atoms with Crippen molar-refractivity contribution in [2.75, 3.05) is 19.6 Å². The Bertz CT molecular complexity index is 1850. The van der Waals surface area contributed by atoms with E-state index in [9.17, 15) is 50.9 Å². The van der Waals surface area contributed by atoms with Crippen molar-refractivity contribution >= 4 is 11.9 Å². The largest absolute Gasteiger partial charge is 0.481 e. The number of alkyl halides is 6. The van der Waals surface area contributed by atoms with Gasteiger partial charge in [0.05, 0.1) is 23.1 Å². The number of nitrogens with zero attached hydrogens (tertiary/aromatic N) is 2. The summed E-state index contributed by atoms with van der Waals surface area (Å²) in [6.45, 7) is 7.47. The molecule has 1 saturated heterocycles. The fraction of sp³-hybridized carbons (Fsp3) is 0.457. The fourth-order valence-corrected chi connectivity index (χ4v) is 6.30. The van der Waals surface area contributed by atoms with Crippen molar-refractivity contribution < 1.29 is 54.9 Å². The van der Waals surface area contributed by atoms with E-state index in [0.29, 0.717) is 23.7 Å². The van der Waals surface area contributed by atoms with Crippen molar-refractivity contribution in [2.45, 2.75) is 77.5 Å². The second-order valence-corrected chi connectivity index (χ2v) is 13.2. The highest BCUT2D eigenvalue weighted by Gasteiger charge is 2.46. The molecule has 2 atom stereocenters. The number of likely N-dealkylation sites (tertiary alicyclic amines) is 1. The Kier molecular flexibility index (Phi) is 11.4. The normalized spacial score (nSPS) is 15.7. The Morgan fingerprint density at radius 2 is 1.53 bits per heavy atom. The van der Waals surface area contributed by atoms with Gasteiger partial charge in [0.2, 0.25) is 5.91 Å². The van der Waals surface area contributed by atoms with Gasteiger partial charge in [-0.15, -0.1) is 0 Å². The quantitative estimate of drug-likeness (QED) is 0.141. The van der Waals surface area contributed by atoms with Crippen LogP contribution in [0.1, 0.15) is 72.5 Å². The Labute approximate surface area is 287 Å². The molecule has 0 saturated carbocycles. The zero-order chi connectivity index (χ0) is 38.2. The molecule has 3 N–H and O–H groups in total.